The number of carboxylic acid groups (broad SMARTS) is 1. The van der Waals surface area contributed by atoms with E-state index in [1.807, 2.05) is 58.9 Å². The highest BCUT2D eigenvalue weighted by molar-refractivity contribution is 6.72. The third-order valence-corrected chi connectivity index (χ3v) is 6.84. The van der Waals surface area contributed by atoms with Crippen molar-refractivity contribution in [2.45, 2.75) is 64.3 Å². The molecule has 0 aromatic carbocycles. The van der Waals surface area contributed by atoms with Gasteiger partial charge >= 0.3 is 5.97 Å². The Morgan fingerprint density at radius 2 is 1.27 bits per heavy atom. The standard InChI is InChI=1S/C13H32O5Si4/c1-20(2,3)16-10-11(12(14)15)13(19,17-21(4,5)6)18-22(7,8)9/h10H,1-9,19H3,(H,14,15). The minimum Gasteiger partial charge on any atom is -0.549 e. The molecule has 0 amide bonds. The van der Waals surface area contributed by atoms with Gasteiger partial charge in [0.1, 0.15) is 5.57 Å². The van der Waals surface area contributed by atoms with Crippen LogP contribution in [0.2, 0.25) is 58.9 Å². The largest absolute Gasteiger partial charge is 0.549 e. The van der Waals surface area contributed by atoms with Crippen LogP contribution >= 0.6 is 0 Å². The molecule has 0 heterocycles. The summed E-state index contributed by atoms with van der Waals surface area (Å²) in [6.07, 6.45) is 1.36. The predicted molar refractivity (Wildman–Crippen MR) is 102 cm³/mol. The van der Waals surface area contributed by atoms with Crippen LogP contribution in [0.25, 0.3) is 0 Å². The Hall–Kier alpha value is -0.202. The topological polar surface area (TPSA) is 65.0 Å². The third-order valence-electron chi connectivity index (χ3n) is 2.25. The molecule has 0 bridgehead atoms. The minimum absolute atomic E-state index is 0.0893. The first-order chi connectivity index (χ1) is 9.45. The van der Waals surface area contributed by atoms with Crippen LogP contribution in [0.1, 0.15) is 0 Å². The second-order valence-electron chi connectivity index (χ2n) is 8.44. The SMILES string of the molecule is C[Si](C)(C)OC=C(C(=O)O)C([SiH3])(O[Si](C)(C)C)O[Si](C)(C)C. The second kappa shape index (κ2) is 7.14. The summed E-state index contributed by atoms with van der Waals surface area (Å²) >= 11 is 0. The summed E-state index contributed by atoms with van der Waals surface area (Å²) < 4.78 is 18.1. The average molecular weight is 381 g/mol. The van der Waals surface area contributed by atoms with Crippen molar-refractivity contribution in [1.82, 2.24) is 0 Å². The lowest BCUT2D eigenvalue weighted by molar-refractivity contribution is -0.137. The highest BCUT2D eigenvalue weighted by atomic mass is 28.4. The molecule has 1 N–H and O–H groups in total. The van der Waals surface area contributed by atoms with Gasteiger partial charge in [-0.2, -0.15) is 0 Å². The summed E-state index contributed by atoms with van der Waals surface area (Å²) in [4.78, 5) is 11.8. The van der Waals surface area contributed by atoms with Crippen LogP contribution in [0, 0.1) is 0 Å². The minimum atomic E-state index is -1.99. The smallest absolute Gasteiger partial charge is 0.339 e. The molecule has 0 saturated carbocycles. The highest BCUT2D eigenvalue weighted by Gasteiger charge is 2.43. The van der Waals surface area contributed by atoms with E-state index in [2.05, 4.69) is 0 Å². The third kappa shape index (κ3) is 9.05. The Balaban J connectivity index is 5.82. The quantitative estimate of drug-likeness (QED) is 0.303. The van der Waals surface area contributed by atoms with E-state index in [-0.39, 0.29) is 5.57 Å². The Kier molecular flexibility index (Phi) is 7.07. The van der Waals surface area contributed by atoms with Crippen molar-refractivity contribution < 1.29 is 23.2 Å². The normalized spacial score (nSPS) is 15.0. The van der Waals surface area contributed by atoms with Gasteiger partial charge in [0.2, 0.25) is 8.32 Å². The molecule has 0 saturated heterocycles. The molecular formula is C13H32O5Si4. The Morgan fingerprint density at radius 3 is 1.50 bits per heavy atom. The van der Waals surface area contributed by atoms with Gasteiger partial charge in [-0.05, 0) is 58.9 Å². The Labute approximate surface area is 140 Å². The van der Waals surface area contributed by atoms with Crippen LogP contribution in [0.15, 0.2) is 11.8 Å². The van der Waals surface area contributed by atoms with E-state index in [4.69, 9.17) is 13.3 Å². The fraction of sp³-hybridized carbons (Fsp3) is 0.769. The van der Waals surface area contributed by atoms with E-state index in [0.717, 1.165) is 0 Å². The van der Waals surface area contributed by atoms with E-state index >= 15 is 0 Å². The summed E-state index contributed by atoms with van der Waals surface area (Å²) in [6, 6.07) is 0. The van der Waals surface area contributed by atoms with Crippen LogP contribution in [-0.2, 0) is 18.1 Å². The molecular weight excluding hydrogens is 348 g/mol. The average Bonchev–Trinajstić information content (AvgIpc) is 2.06. The number of hydrogen-bond donors (Lipinski definition) is 1. The van der Waals surface area contributed by atoms with Gasteiger partial charge in [0.25, 0.3) is 0 Å². The number of aliphatic carboxylic acids is 1. The number of rotatable bonds is 8. The lowest BCUT2D eigenvalue weighted by atomic mass is 10.3. The lowest BCUT2D eigenvalue weighted by Crippen LogP contribution is -2.53. The van der Waals surface area contributed by atoms with Gasteiger partial charge in [0.15, 0.2) is 22.0 Å². The van der Waals surface area contributed by atoms with Crippen molar-refractivity contribution in [2.24, 2.45) is 0 Å². The van der Waals surface area contributed by atoms with Crippen molar-refractivity contribution in [2.75, 3.05) is 0 Å². The molecule has 0 aliphatic carbocycles. The van der Waals surface area contributed by atoms with Crippen molar-refractivity contribution >= 4 is 41.2 Å². The second-order valence-corrected chi connectivity index (χ2v) is 23.1. The number of carbonyl (C=O) groups is 1. The first-order valence-corrected chi connectivity index (χ1v) is 18.7. The van der Waals surface area contributed by atoms with Gasteiger partial charge in [0, 0.05) is 0 Å². The highest BCUT2D eigenvalue weighted by Crippen LogP contribution is 2.29. The van der Waals surface area contributed by atoms with Crippen molar-refractivity contribution in [3.63, 3.8) is 0 Å². The van der Waals surface area contributed by atoms with E-state index in [1.165, 1.54) is 6.26 Å². The molecule has 0 aliphatic heterocycles. The molecule has 0 spiro atoms. The fourth-order valence-corrected chi connectivity index (χ4v) is 9.09. The lowest BCUT2D eigenvalue weighted by Gasteiger charge is -2.41. The molecule has 0 radical (unpaired) electrons. The van der Waals surface area contributed by atoms with Crippen molar-refractivity contribution in [3.8, 4) is 0 Å². The van der Waals surface area contributed by atoms with Crippen LogP contribution in [0.5, 0.6) is 0 Å². The summed E-state index contributed by atoms with van der Waals surface area (Å²) in [5.41, 5.74) is -1.06. The first kappa shape index (κ1) is 21.8. The van der Waals surface area contributed by atoms with E-state index in [1.54, 1.807) is 0 Å². The molecule has 130 valence electrons. The van der Waals surface area contributed by atoms with Crippen molar-refractivity contribution in [3.05, 3.63) is 11.8 Å². The summed E-state index contributed by atoms with van der Waals surface area (Å²) in [5.74, 6) is -1.04. The molecule has 0 rings (SSSR count). The van der Waals surface area contributed by atoms with Crippen LogP contribution in [0.4, 0.5) is 0 Å². The van der Waals surface area contributed by atoms with E-state index < -0.39 is 36.3 Å². The zero-order valence-electron chi connectivity index (χ0n) is 15.7. The van der Waals surface area contributed by atoms with Gasteiger partial charge < -0.3 is 18.4 Å². The molecule has 9 heteroatoms. The maximum atomic E-state index is 11.8. The maximum Gasteiger partial charge on any atom is 0.339 e. The predicted octanol–water partition coefficient (Wildman–Crippen LogP) is 2.53. The molecule has 5 nitrogen and oxygen atoms in total. The number of hydrogen-bond acceptors (Lipinski definition) is 4. The van der Waals surface area contributed by atoms with Gasteiger partial charge in [-0.3, -0.25) is 0 Å². The first-order valence-electron chi connectivity index (χ1n) is 7.47. The molecule has 0 unspecified atom stereocenters. The summed E-state index contributed by atoms with van der Waals surface area (Å²) in [6.45, 7) is 18.2. The van der Waals surface area contributed by atoms with Crippen LogP contribution in [-0.4, -0.2) is 51.7 Å². The monoisotopic (exact) mass is 380 g/mol. The molecule has 0 aromatic heterocycles. The van der Waals surface area contributed by atoms with E-state index in [9.17, 15) is 9.90 Å². The summed E-state index contributed by atoms with van der Waals surface area (Å²) in [5, 5.41) is 9.66. The molecule has 0 atom stereocenters. The molecule has 22 heavy (non-hydrogen) atoms. The Morgan fingerprint density at radius 1 is 0.909 bits per heavy atom. The van der Waals surface area contributed by atoms with Crippen molar-refractivity contribution in [1.29, 1.82) is 0 Å². The fourth-order valence-electron chi connectivity index (χ4n) is 1.89. The number of carboxylic acids is 1. The van der Waals surface area contributed by atoms with E-state index in [0.29, 0.717) is 10.2 Å². The van der Waals surface area contributed by atoms with Crippen LogP contribution in [0.3, 0.4) is 0 Å². The Bertz CT molecular complexity index is 413. The zero-order valence-corrected chi connectivity index (χ0v) is 20.7. The maximum absolute atomic E-state index is 11.8. The summed E-state index contributed by atoms with van der Waals surface area (Å²) in [7, 11) is -5.44. The molecule has 0 aliphatic rings. The van der Waals surface area contributed by atoms with Gasteiger partial charge in [-0.15, -0.1) is 0 Å². The molecule has 0 aromatic rings. The molecule has 0 fully saturated rings. The zero-order chi connectivity index (χ0) is 18.0. The van der Waals surface area contributed by atoms with Gasteiger partial charge in [-0.1, -0.05) is 0 Å². The van der Waals surface area contributed by atoms with Gasteiger partial charge in [0.05, 0.1) is 16.5 Å². The van der Waals surface area contributed by atoms with Crippen LogP contribution < -0.4 is 0 Å². The van der Waals surface area contributed by atoms with Gasteiger partial charge in [-0.25, -0.2) is 4.79 Å².